The first kappa shape index (κ1) is 15.6. The Labute approximate surface area is 103 Å². The van der Waals surface area contributed by atoms with Crippen LogP contribution in [0.25, 0.3) is 0 Å². The molecule has 0 spiro atoms. The van der Waals surface area contributed by atoms with Gasteiger partial charge in [-0.15, -0.1) is 0 Å². The van der Waals surface area contributed by atoms with Gasteiger partial charge in [0.15, 0.2) is 0 Å². The fourth-order valence-corrected chi connectivity index (χ4v) is 2.08. The maximum Gasteiger partial charge on any atom is 0.258 e. The van der Waals surface area contributed by atoms with E-state index in [0.717, 1.165) is 0 Å². The molecule has 0 saturated carbocycles. The molecule has 0 aromatic rings. The largest absolute Gasteiger partial charge is 0.258 e. The van der Waals surface area contributed by atoms with E-state index < -0.39 is 0 Å². The Morgan fingerprint density at radius 3 is 1.94 bits per heavy atom. The van der Waals surface area contributed by atoms with E-state index in [4.69, 9.17) is 5.26 Å². The molecule has 0 bridgehead atoms. The lowest BCUT2D eigenvalue weighted by atomic mass is 9.62. The molecule has 0 aliphatic carbocycles. The SMILES string of the molecule is CCCCCCCC([B]C#N)CCCCC. The van der Waals surface area contributed by atoms with Crippen LogP contribution in [0.2, 0.25) is 5.82 Å². The standard InChI is InChI=1S/C14H27BN/c1-3-5-7-8-10-12-14(15-13-16)11-9-6-4-2/h14H,3-12H2,1-2H3. The van der Waals surface area contributed by atoms with E-state index in [1.165, 1.54) is 64.2 Å². The summed E-state index contributed by atoms with van der Waals surface area (Å²) in [6, 6.07) is 0. The summed E-state index contributed by atoms with van der Waals surface area (Å²) in [6.45, 7) is 4.48. The molecule has 0 aromatic heterocycles. The van der Waals surface area contributed by atoms with Crippen LogP contribution >= 0.6 is 0 Å². The molecule has 16 heavy (non-hydrogen) atoms. The maximum atomic E-state index is 8.73. The lowest BCUT2D eigenvalue weighted by Crippen LogP contribution is -2.02. The van der Waals surface area contributed by atoms with Crippen molar-refractivity contribution >= 4 is 7.28 Å². The normalized spacial score (nSPS) is 12.1. The van der Waals surface area contributed by atoms with Crippen LogP contribution < -0.4 is 0 Å². The van der Waals surface area contributed by atoms with E-state index in [9.17, 15) is 0 Å². The molecule has 0 aliphatic rings. The highest BCUT2D eigenvalue weighted by Crippen LogP contribution is 2.22. The Kier molecular flexibility index (Phi) is 12.3. The Hall–Kier alpha value is -0.445. The molecule has 0 N–H and O–H groups in total. The van der Waals surface area contributed by atoms with Crippen LogP contribution in [0.4, 0.5) is 0 Å². The first-order valence-electron chi connectivity index (χ1n) is 7.08. The summed E-state index contributed by atoms with van der Waals surface area (Å²) in [4.78, 5) is 0. The van der Waals surface area contributed by atoms with Crippen LogP contribution in [0.15, 0.2) is 0 Å². The van der Waals surface area contributed by atoms with Crippen LogP contribution in [0.3, 0.4) is 0 Å². The molecular weight excluding hydrogens is 193 g/mol. The number of hydrogen-bond donors (Lipinski definition) is 0. The minimum Gasteiger partial charge on any atom is -0.213 e. The molecule has 1 atom stereocenters. The van der Waals surface area contributed by atoms with Gasteiger partial charge >= 0.3 is 0 Å². The van der Waals surface area contributed by atoms with Gasteiger partial charge in [0.2, 0.25) is 0 Å². The molecule has 0 fully saturated rings. The summed E-state index contributed by atoms with van der Waals surface area (Å²) in [5.74, 6) is 2.78. The van der Waals surface area contributed by atoms with Crippen molar-refractivity contribution in [2.24, 2.45) is 0 Å². The van der Waals surface area contributed by atoms with Gasteiger partial charge in [-0.3, -0.25) is 0 Å². The highest BCUT2D eigenvalue weighted by Gasteiger charge is 2.09. The van der Waals surface area contributed by atoms with Gasteiger partial charge in [0, 0.05) is 0 Å². The molecule has 1 nitrogen and oxygen atoms in total. The highest BCUT2D eigenvalue weighted by atomic mass is 14.2. The molecule has 0 saturated heterocycles. The summed E-state index contributed by atoms with van der Waals surface area (Å²) >= 11 is 0. The molecule has 1 radical (unpaired) electrons. The van der Waals surface area contributed by atoms with E-state index >= 15 is 0 Å². The van der Waals surface area contributed by atoms with Gasteiger partial charge in [0.05, 0.1) is 0 Å². The molecule has 0 aromatic carbocycles. The molecule has 0 heterocycles. The monoisotopic (exact) mass is 220 g/mol. The van der Waals surface area contributed by atoms with Gasteiger partial charge in [-0.05, 0) is 5.97 Å². The van der Waals surface area contributed by atoms with Crippen LogP contribution in [0, 0.1) is 11.2 Å². The second kappa shape index (κ2) is 12.6. The van der Waals surface area contributed by atoms with Gasteiger partial charge in [-0.25, -0.2) is 5.26 Å². The van der Waals surface area contributed by atoms with E-state index in [0.29, 0.717) is 5.82 Å². The molecule has 2 heteroatoms. The molecule has 1 unspecified atom stereocenters. The van der Waals surface area contributed by atoms with Crippen molar-refractivity contribution in [2.45, 2.75) is 83.9 Å². The summed E-state index contributed by atoms with van der Waals surface area (Å²) in [6.07, 6.45) is 13.0. The molecule has 0 amide bonds. The minimum absolute atomic E-state index is 0.554. The van der Waals surface area contributed by atoms with Gasteiger partial charge < -0.3 is 0 Å². The zero-order valence-electron chi connectivity index (χ0n) is 11.2. The Balaban J connectivity index is 3.48. The van der Waals surface area contributed by atoms with Crippen LogP contribution in [0.1, 0.15) is 78.1 Å². The Morgan fingerprint density at radius 1 is 0.875 bits per heavy atom. The van der Waals surface area contributed by atoms with Gasteiger partial charge in [-0.1, -0.05) is 83.9 Å². The topological polar surface area (TPSA) is 23.8 Å². The average Bonchev–Trinajstić information content (AvgIpc) is 2.29. The smallest absolute Gasteiger partial charge is 0.213 e. The Bertz CT molecular complexity index is 174. The Morgan fingerprint density at radius 2 is 1.38 bits per heavy atom. The number of unbranched alkanes of at least 4 members (excludes halogenated alkanes) is 6. The molecule has 0 rings (SSSR count). The predicted octanol–water partition coefficient (Wildman–Crippen LogP) is 4.90. The molecular formula is C14H27BN. The van der Waals surface area contributed by atoms with Gasteiger partial charge in [-0.2, -0.15) is 0 Å². The van der Waals surface area contributed by atoms with Crippen molar-refractivity contribution in [2.75, 3.05) is 0 Å². The fraction of sp³-hybridized carbons (Fsp3) is 0.929. The highest BCUT2D eigenvalue weighted by molar-refractivity contribution is 6.46. The fourth-order valence-electron chi connectivity index (χ4n) is 2.08. The zero-order valence-corrected chi connectivity index (χ0v) is 11.2. The van der Waals surface area contributed by atoms with Crippen molar-refractivity contribution in [3.05, 3.63) is 0 Å². The average molecular weight is 220 g/mol. The second-order valence-electron chi connectivity index (χ2n) is 4.75. The second-order valence-corrected chi connectivity index (χ2v) is 4.75. The third-order valence-corrected chi connectivity index (χ3v) is 3.17. The predicted molar refractivity (Wildman–Crippen MR) is 72.6 cm³/mol. The number of rotatable bonds is 11. The third-order valence-electron chi connectivity index (χ3n) is 3.17. The van der Waals surface area contributed by atoms with Crippen molar-refractivity contribution < 1.29 is 0 Å². The lowest BCUT2D eigenvalue weighted by molar-refractivity contribution is 0.552. The van der Waals surface area contributed by atoms with Crippen LogP contribution in [0.5, 0.6) is 0 Å². The summed E-state index contributed by atoms with van der Waals surface area (Å²) in [5, 5.41) is 8.73. The van der Waals surface area contributed by atoms with Gasteiger partial charge in [0.25, 0.3) is 7.28 Å². The van der Waals surface area contributed by atoms with Crippen molar-refractivity contribution in [3.63, 3.8) is 0 Å². The van der Waals surface area contributed by atoms with Crippen molar-refractivity contribution in [3.8, 4) is 5.97 Å². The quantitative estimate of drug-likeness (QED) is 0.359. The summed E-state index contributed by atoms with van der Waals surface area (Å²) in [5.41, 5.74) is 0. The van der Waals surface area contributed by atoms with E-state index in [1.807, 2.05) is 7.28 Å². The lowest BCUT2D eigenvalue weighted by Gasteiger charge is -2.12. The number of nitriles is 1. The molecule has 91 valence electrons. The number of nitrogens with zero attached hydrogens (tertiary/aromatic N) is 1. The maximum absolute atomic E-state index is 8.73. The van der Waals surface area contributed by atoms with Crippen LogP contribution in [-0.2, 0) is 0 Å². The minimum atomic E-state index is 0.554. The first-order chi connectivity index (χ1) is 7.85. The molecule has 0 aliphatic heterocycles. The summed E-state index contributed by atoms with van der Waals surface area (Å²) in [7, 11) is 1.86. The zero-order chi connectivity index (χ0) is 12.1. The summed E-state index contributed by atoms with van der Waals surface area (Å²) < 4.78 is 0. The van der Waals surface area contributed by atoms with Crippen LogP contribution in [-0.4, -0.2) is 7.28 Å². The van der Waals surface area contributed by atoms with Crippen molar-refractivity contribution in [1.82, 2.24) is 0 Å². The van der Waals surface area contributed by atoms with E-state index in [-0.39, 0.29) is 0 Å². The van der Waals surface area contributed by atoms with Crippen molar-refractivity contribution in [1.29, 1.82) is 5.26 Å². The third kappa shape index (κ3) is 10.1. The van der Waals surface area contributed by atoms with E-state index in [1.54, 1.807) is 0 Å². The van der Waals surface area contributed by atoms with E-state index in [2.05, 4.69) is 19.8 Å². The first-order valence-corrected chi connectivity index (χ1v) is 7.08. The van der Waals surface area contributed by atoms with Gasteiger partial charge in [0.1, 0.15) is 0 Å². The number of hydrogen-bond acceptors (Lipinski definition) is 1.